The molecule has 3 aromatic heterocycles. The molecule has 0 aliphatic heterocycles. The third kappa shape index (κ3) is 4.11. The van der Waals surface area contributed by atoms with E-state index in [1.807, 2.05) is 56.3 Å². The van der Waals surface area contributed by atoms with Crippen LogP contribution in [0.1, 0.15) is 32.9 Å². The van der Waals surface area contributed by atoms with Crippen molar-refractivity contribution in [1.29, 1.82) is 0 Å². The summed E-state index contributed by atoms with van der Waals surface area (Å²) < 4.78 is 2.98. The standard InChI is InChI=1S/C24H21N5OS2/c1-15-11-16(2)29-23(26-15)27-24(28-29)32-13-17-7-3-4-9-20(17)22(30)25-12-18-14-31-21-10-6-5-8-19(18)21/h3-11,14H,12-13H2,1-2H3,(H,25,30). The van der Waals surface area contributed by atoms with Crippen LogP contribution < -0.4 is 5.32 Å². The zero-order valence-corrected chi connectivity index (χ0v) is 19.3. The predicted octanol–water partition coefficient (Wildman–Crippen LogP) is 5.18. The van der Waals surface area contributed by atoms with Crippen LogP contribution in [0.3, 0.4) is 0 Å². The molecule has 0 radical (unpaired) electrons. The molecule has 0 aliphatic rings. The Hall–Kier alpha value is -3.23. The summed E-state index contributed by atoms with van der Waals surface area (Å²) in [7, 11) is 0. The van der Waals surface area contributed by atoms with Crippen LogP contribution in [-0.2, 0) is 12.3 Å². The Labute approximate surface area is 193 Å². The first kappa shape index (κ1) is 20.7. The highest BCUT2D eigenvalue weighted by Gasteiger charge is 2.14. The molecule has 5 aromatic rings. The maximum absolute atomic E-state index is 13.0. The minimum atomic E-state index is -0.0763. The van der Waals surface area contributed by atoms with E-state index in [2.05, 4.69) is 37.9 Å². The van der Waals surface area contributed by atoms with Gasteiger partial charge in [0.05, 0.1) is 0 Å². The van der Waals surface area contributed by atoms with Gasteiger partial charge in [0, 0.05) is 33.9 Å². The van der Waals surface area contributed by atoms with Crippen LogP contribution in [0.2, 0.25) is 0 Å². The summed E-state index contributed by atoms with van der Waals surface area (Å²) >= 11 is 3.20. The van der Waals surface area contributed by atoms with Gasteiger partial charge in [-0.25, -0.2) is 9.50 Å². The molecule has 1 N–H and O–H groups in total. The highest BCUT2D eigenvalue weighted by molar-refractivity contribution is 7.98. The molecule has 1 amide bonds. The first-order valence-electron chi connectivity index (χ1n) is 10.2. The van der Waals surface area contributed by atoms with Crippen molar-refractivity contribution >= 4 is 44.9 Å². The third-order valence-corrected chi connectivity index (χ3v) is 7.12. The lowest BCUT2D eigenvalue weighted by atomic mass is 10.1. The number of carbonyl (C=O) groups excluding carboxylic acids is 1. The highest BCUT2D eigenvalue weighted by atomic mass is 32.2. The van der Waals surface area contributed by atoms with Crippen molar-refractivity contribution in [2.45, 2.75) is 31.3 Å². The number of nitrogens with zero attached hydrogens (tertiary/aromatic N) is 4. The van der Waals surface area contributed by atoms with E-state index in [1.165, 1.54) is 21.8 Å². The monoisotopic (exact) mass is 459 g/mol. The molecule has 32 heavy (non-hydrogen) atoms. The Morgan fingerprint density at radius 3 is 2.78 bits per heavy atom. The largest absolute Gasteiger partial charge is 0.348 e. The molecule has 0 saturated heterocycles. The summed E-state index contributed by atoms with van der Waals surface area (Å²) in [4.78, 5) is 21.9. The number of rotatable bonds is 6. The molecular weight excluding hydrogens is 438 g/mol. The van der Waals surface area contributed by atoms with Crippen LogP contribution in [-0.4, -0.2) is 25.5 Å². The highest BCUT2D eigenvalue weighted by Crippen LogP contribution is 2.26. The zero-order valence-electron chi connectivity index (χ0n) is 17.7. The van der Waals surface area contributed by atoms with Crippen LogP contribution in [0, 0.1) is 13.8 Å². The second kappa shape index (κ2) is 8.72. The van der Waals surface area contributed by atoms with E-state index < -0.39 is 0 Å². The van der Waals surface area contributed by atoms with E-state index in [-0.39, 0.29) is 5.91 Å². The first-order valence-corrected chi connectivity index (χ1v) is 12.1. The third-order valence-electron chi connectivity index (χ3n) is 5.22. The fraction of sp³-hybridized carbons (Fsp3) is 0.167. The molecule has 3 heterocycles. The summed E-state index contributed by atoms with van der Waals surface area (Å²) in [6, 6.07) is 17.9. The summed E-state index contributed by atoms with van der Waals surface area (Å²) in [5.41, 5.74) is 4.67. The summed E-state index contributed by atoms with van der Waals surface area (Å²) in [6.07, 6.45) is 0. The average Bonchev–Trinajstić information content (AvgIpc) is 3.40. The van der Waals surface area contributed by atoms with Gasteiger partial charge in [-0.3, -0.25) is 4.79 Å². The molecule has 0 fully saturated rings. The van der Waals surface area contributed by atoms with Gasteiger partial charge in [-0.2, -0.15) is 4.98 Å². The number of nitrogens with one attached hydrogen (secondary N) is 1. The van der Waals surface area contributed by atoms with Crippen molar-refractivity contribution in [3.63, 3.8) is 0 Å². The number of benzene rings is 2. The average molecular weight is 460 g/mol. The van der Waals surface area contributed by atoms with Crippen LogP contribution in [0.15, 0.2) is 65.1 Å². The van der Waals surface area contributed by atoms with E-state index in [4.69, 9.17) is 0 Å². The topological polar surface area (TPSA) is 72.2 Å². The molecule has 0 bridgehead atoms. The van der Waals surface area contributed by atoms with Crippen LogP contribution in [0.4, 0.5) is 0 Å². The van der Waals surface area contributed by atoms with Crippen molar-refractivity contribution in [2.75, 3.05) is 0 Å². The molecular formula is C24H21N5OS2. The van der Waals surface area contributed by atoms with Gasteiger partial charge in [0.2, 0.25) is 5.16 Å². The Balaban J connectivity index is 1.30. The zero-order chi connectivity index (χ0) is 22.1. The smallest absolute Gasteiger partial charge is 0.253 e. The molecule has 0 saturated carbocycles. The number of aromatic nitrogens is 4. The van der Waals surface area contributed by atoms with E-state index in [9.17, 15) is 4.79 Å². The quantitative estimate of drug-likeness (QED) is 0.354. The number of hydrogen-bond donors (Lipinski definition) is 1. The van der Waals surface area contributed by atoms with Crippen LogP contribution in [0.25, 0.3) is 15.9 Å². The second-order valence-corrected chi connectivity index (χ2v) is 9.38. The molecule has 0 aliphatic carbocycles. The van der Waals surface area contributed by atoms with Gasteiger partial charge in [-0.05, 0) is 53.9 Å². The molecule has 0 spiro atoms. The van der Waals surface area contributed by atoms with Gasteiger partial charge >= 0.3 is 0 Å². The Bertz CT molecular complexity index is 1440. The molecule has 0 atom stereocenters. The molecule has 8 heteroatoms. The van der Waals surface area contributed by atoms with Crippen molar-refractivity contribution in [1.82, 2.24) is 24.9 Å². The maximum atomic E-state index is 13.0. The van der Waals surface area contributed by atoms with Gasteiger partial charge in [0.15, 0.2) is 0 Å². The van der Waals surface area contributed by atoms with Crippen molar-refractivity contribution in [2.24, 2.45) is 0 Å². The number of thioether (sulfide) groups is 1. The predicted molar refractivity (Wildman–Crippen MR) is 129 cm³/mol. The van der Waals surface area contributed by atoms with Crippen molar-refractivity contribution < 1.29 is 4.79 Å². The maximum Gasteiger partial charge on any atom is 0.253 e. The van der Waals surface area contributed by atoms with Crippen molar-refractivity contribution in [3.05, 3.63) is 88.1 Å². The summed E-state index contributed by atoms with van der Waals surface area (Å²) in [5.74, 6) is 1.12. The lowest BCUT2D eigenvalue weighted by Crippen LogP contribution is -2.23. The van der Waals surface area contributed by atoms with E-state index in [1.54, 1.807) is 15.9 Å². The molecule has 2 aromatic carbocycles. The number of carbonyl (C=O) groups is 1. The van der Waals surface area contributed by atoms with Crippen LogP contribution >= 0.6 is 23.1 Å². The van der Waals surface area contributed by atoms with Gasteiger partial charge in [-0.15, -0.1) is 16.4 Å². The van der Waals surface area contributed by atoms with Crippen molar-refractivity contribution in [3.8, 4) is 0 Å². The van der Waals surface area contributed by atoms with Crippen LogP contribution in [0.5, 0.6) is 0 Å². The van der Waals surface area contributed by atoms with Gasteiger partial charge in [0.1, 0.15) is 0 Å². The Morgan fingerprint density at radius 2 is 1.88 bits per heavy atom. The molecule has 0 unspecified atom stereocenters. The lowest BCUT2D eigenvalue weighted by molar-refractivity contribution is 0.0950. The number of aryl methyl sites for hydroxylation is 2. The first-order chi connectivity index (χ1) is 15.6. The second-order valence-electron chi connectivity index (χ2n) is 7.53. The molecule has 5 rings (SSSR count). The minimum absolute atomic E-state index is 0.0763. The number of fused-ring (bicyclic) bond motifs is 2. The van der Waals surface area contributed by atoms with E-state index in [0.29, 0.717) is 28.8 Å². The fourth-order valence-electron chi connectivity index (χ4n) is 3.66. The normalized spacial score (nSPS) is 11.3. The number of amides is 1. The van der Waals surface area contributed by atoms with E-state index in [0.717, 1.165) is 22.5 Å². The fourth-order valence-corrected chi connectivity index (χ4v) is 5.44. The van der Waals surface area contributed by atoms with E-state index >= 15 is 0 Å². The van der Waals surface area contributed by atoms with Gasteiger partial charge in [0.25, 0.3) is 11.7 Å². The number of hydrogen-bond acceptors (Lipinski definition) is 6. The van der Waals surface area contributed by atoms with Gasteiger partial charge in [-0.1, -0.05) is 48.2 Å². The molecule has 6 nitrogen and oxygen atoms in total. The van der Waals surface area contributed by atoms with Gasteiger partial charge < -0.3 is 5.32 Å². The number of thiophene rings is 1. The molecule has 160 valence electrons. The summed E-state index contributed by atoms with van der Waals surface area (Å²) in [5, 5.41) is 11.6. The Morgan fingerprint density at radius 1 is 1.06 bits per heavy atom. The lowest BCUT2D eigenvalue weighted by Gasteiger charge is -2.09. The minimum Gasteiger partial charge on any atom is -0.348 e. The summed E-state index contributed by atoms with van der Waals surface area (Å²) in [6.45, 7) is 4.44. The Kier molecular flexibility index (Phi) is 5.63. The SMILES string of the molecule is Cc1cc(C)n2nc(SCc3ccccc3C(=O)NCc3csc4ccccc34)nc2n1.